The molecule has 3 rings (SSSR count). The van der Waals surface area contributed by atoms with Gasteiger partial charge < -0.3 is 4.74 Å². The topological polar surface area (TPSA) is 46.6 Å². The Morgan fingerprint density at radius 2 is 1.77 bits per heavy atom. The van der Waals surface area contributed by atoms with Gasteiger partial charge in [0.15, 0.2) is 6.10 Å². The predicted molar refractivity (Wildman–Crippen MR) is 82.9 cm³/mol. The number of halogens is 1. The van der Waals surface area contributed by atoms with E-state index in [1.807, 2.05) is 6.07 Å². The number of hydrogen-bond acceptors (Lipinski definition) is 3. The van der Waals surface area contributed by atoms with Crippen LogP contribution in [0.1, 0.15) is 22.8 Å². The van der Waals surface area contributed by atoms with Gasteiger partial charge in [-0.2, -0.15) is 0 Å². The van der Waals surface area contributed by atoms with Gasteiger partial charge in [-0.25, -0.2) is 0 Å². The van der Waals surface area contributed by atoms with Crippen molar-refractivity contribution in [3.05, 3.63) is 64.7 Å². The van der Waals surface area contributed by atoms with Crippen molar-refractivity contribution in [2.24, 2.45) is 0 Å². The molecule has 0 spiro atoms. The lowest BCUT2D eigenvalue weighted by Crippen LogP contribution is -2.41. The molecule has 0 saturated carbocycles. The first-order chi connectivity index (χ1) is 10.6. The number of rotatable bonds is 2. The molecule has 1 atom stereocenters. The Morgan fingerprint density at radius 3 is 2.55 bits per heavy atom. The number of carbonyl (C=O) groups excluding carboxylic acids is 2. The summed E-state index contributed by atoms with van der Waals surface area (Å²) in [7, 11) is 0. The third-order valence-corrected chi connectivity index (χ3v) is 3.94. The molecule has 0 fully saturated rings. The number of fused-ring (bicyclic) bond motifs is 1. The van der Waals surface area contributed by atoms with E-state index in [0.29, 0.717) is 16.3 Å². The Morgan fingerprint density at radius 1 is 1.09 bits per heavy atom. The second-order valence-electron chi connectivity index (χ2n) is 5.08. The monoisotopic (exact) mass is 315 g/mol. The number of hydrogen-bond donors (Lipinski definition) is 0. The van der Waals surface area contributed by atoms with E-state index < -0.39 is 6.10 Å². The highest BCUT2D eigenvalue weighted by molar-refractivity contribution is 6.31. The summed E-state index contributed by atoms with van der Waals surface area (Å²) in [6.45, 7) is 1.76. The van der Waals surface area contributed by atoms with Crippen LogP contribution in [-0.4, -0.2) is 22.8 Å². The van der Waals surface area contributed by atoms with Crippen molar-refractivity contribution in [2.45, 2.75) is 19.6 Å². The number of para-hydroxylation sites is 1. The van der Waals surface area contributed by atoms with Crippen LogP contribution in [0, 0.1) is 0 Å². The molecule has 0 saturated heterocycles. The van der Waals surface area contributed by atoms with Crippen LogP contribution in [0.3, 0.4) is 0 Å². The maximum absolute atomic E-state index is 12.7. The van der Waals surface area contributed by atoms with Crippen molar-refractivity contribution in [1.82, 2.24) is 4.90 Å². The van der Waals surface area contributed by atoms with Crippen LogP contribution in [0.25, 0.3) is 0 Å². The first-order valence-corrected chi connectivity index (χ1v) is 7.30. The second-order valence-corrected chi connectivity index (χ2v) is 5.48. The fraction of sp³-hybridized carbons (Fsp3) is 0.176. The molecule has 0 aromatic heterocycles. The minimum absolute atomic E-state index is 0.124. The molecule has 1 unspecified atom stereocenters. The Hall–Kier alpha value is -2.33. The van der Waals surface area contributed by atoms with Crippen molar-refractivity contribution in [3.63, 3.8) is 0 Å². The Bertz CT molecular complexity index is 744. The average Bonchev–Trinajstić information content (AvgIpc) is 2.61. The van der Waals surface area contributed by atoms with Crippen LogP contribution in [-0.2, 0) is 11.3 Å². The molecule has 1 aliphatic rings. The molecule has 5 heteroatoms. The fourth-order valence-electron chi connectivity index (χ4n) is 2.40. The smallest absolute Gasteiger partial charge is 0.270 e. The van der Waals surface area contributed by atoms with Gasteiger partial charge in [0.25, 0.3) is 11.8 Å². The van der Waals surface area contributed by atoms with Crippen LogP contribution in [0.4, 0.5) is 0 Å². The van der Waals surface area contributed by atoms with Gasteiger partial charge in [0.2, 0.25) is 0 Å². The summed E-state index contributed by atoms with van der Waals surface area (Å²) in [5, 5.41) is 0.522. The number of amides is 2. The molecule has 2 aromatic rings. The van der Waals surface area contributed by atoms with Crippen molar-refractivity contribution in [2.75, 3.05) is 0 Å². The van der Waals surface area contributed by atoms with E-state index in [4.69, 9.17) is 16.3 Å². The van der Waals surface area contributed by atoms with E-state index >= 15 is 0 Å². The van der Waals surface area contributed by atoms with E-state index in [1.54, 1.807) is 49.4 Å². The molecule has 0 radical (unpaired) electrons. The lowest BCUT2D eigenvalue weighted by molar-refractivity contribution is -0.135. The first-order valence-electron chi connectivity index (χ1n) is 6.92. The highest BCUT2D eigenvalue weighted by Gasteiger charge is 2.34. The lowest BCUT2D eigenvalue weighted by atomic mass is 10.1. The van der Waals surface area contributed by atoms with Crippen LogP contribution in [0.5, 0.6) is 5.75 Å². The van der Waals surface area contributed by atoms with Crippen LogP contribution in [0.15, 0.2) is 48.5 Å². The molecule has 0 N–H and O–H groups in total. The number of ether oxygens (including phenoxy) is 1. The summed E-state index contributed by atoms with van der Waals surface area (Å²) >= 11 is 6.14. The van der Waals surface area contributed by atoms with Crippen molar-refractivity contribution in [1.29, 1.82) is 0 Å². The molecular weight excluding hydrogens is 302 g/mol. The SMILES string of the molecule is CC1Oc2ccccc2C(=O)N(Cc2ccccc2Cl)C1=O. The van der Waals surface area contributed by atoms with E-state index in [-0.39, 0.29) is 18.4 Å². The van der Waals surface area contributed by atoms with Gasteiger partial charge in [-0.15, -0.1) is 0 Å². The maximum Gasteiger partial charge on any atom is 0.270 e. The molecule has 112 valence electrons. The molecule has 1 aliphatic heterocycles. The molecule has 22 heavy (non-hydrogen) atoms. The zero-order valence-corrected chi connectivity index (χ0v) is 12.7. The van der Waals surface area contributed by atoms with Crippen molar-refractivity contribution in [3.8, 4) is 5.75 Å². The quantitative estimate of drug-likeness (QED) is 0.799. The predicted octanol–water partition coefficient (Wildman–Crippen LogP) is 3.29. The third kappa shape index (κ3) is 2.57. The summed E-state index contributed by atoms with van der Waals surface area (Å²) in [5.74, 6) is -0.319. The highest BCUT2D eigenvalue weighted by Crippen LogP contribution is 2.27. The minimum Gasteiger partial charge on any atom is -0.480 e. The Balaban J connectivity index is 2.01. The standard InChI is InChI=1S/C17H14ClNO3/c1-11-16(20)19(10-12-6-2-4-8-14(12)18)17(21)13-7-3-5-9-15(13)22-11/h2-9,11H,10H2,1H3. The number of imide groups is 1. The van der Waals surface area contributed by atoms with Gasteiger partial charge in [-0.3, -0.25) is 14.5 Å². The van der Waals surface area contributed by atoms with Crippen LogP contribution < -0.4 is 4.74 Å². The van der Waals surface area contributed by atoms with Crippen LogP contribution >= 0.6 is 11.6 Å². The van der Waals surface area contributed by atoms with Crippen LogP contribution in [0.2, 0.25) is 5.02 Å². The summed E-state index contributed by atoms with van der Waals surface area (Å²) in [4.78, 5) is 26.4. The number of nitrogens with zero attached hydrogens (tertiary/aromatic N) is 1. The Labute approximate surface area is 133 Å². The summed E-state index contributed by atoms with van der Waals surface area (Å²) in [6.07, 6.45) is -0.727. The molecule has 0 aliphatic carbocycles. The molecule has 4 nitrogen and oxygen atoms in total. The van der Waals surface area contributed by atoms with Gasteiger partial charge in [0, 0.05) is 5.02 Å². The fourth-order valence-corrected chi connectivity index (χ4v) is 2.59. The summed E-state index contributed by atoms with van der Waals surface area (Å²) in [5.41, 5.74) is 1.10. The van der Waals surface area contributed by atoms with Gasteiger partial charge in [0.1, 0.15) is 5.75 Å². The molecular formula is C17H14ClNO3. The number of benzene rings is 2. The normalized spacial score (nSPS) is 17.7. The van der Waals surface area contributed by atoms with E-state index in [2.05, 4.69) is 0 Å². The minimum atomic E-state index is -0.727. The average molecular weight is 316 g/mol. The molecule has 0 bridgehead atoms. The summed E-state index contributed by atoms with van der Waals surface area (Å²) < 4.78 is 5.59. The zero-order chi connectivity index (χ0) is 15.7. The van der Waals surface area contributed by atoms with Gasteiger partial charge >= 0.3 is 0 Å². The first kappa shape index (κ1) is 14.6. The van der Waals surface area contributed by atoms with Gasteiger partial charge in [0.05, 0.1) is 12.1 Å². The van der Waals surface area contributed by atoms with E-state index in [1.165, 1.54) is 4.90 Å². The maximum atomic E-state index is 12.7. The zero-order valence-electron chi connectivity index (χ0n) is 12.0. The van der Waals surface area contributed by atoms with E-state index in [0.717, 1.165) is 5.56 Å². The molecule has 2 aromatic carbocycles. The molecule has 1 heterocycles. The largest absolute Gasteiger partial charge is 0.480 e. The van der Waals surface area contributed by atoms with E-state index in [9.17, 15) is 9.59 Å². The van der Waals surface area contributed by atoms with Crippen molar-refractivity contribution >= 4 is 23.4 Å². The number of carbonyl (C=O) groups is 2. The van der Waals surface area contributed by atoms with Gasteiger partial charge in [-0.1, -0.05) is 41.9 Å². The van der Waals surface area contributed by atoms with Crippen molar-refractivity contribution < 1.29 is 14.3 Å². The third-order valence-electron chi connectivity index (χ3n) is 3.57. The second kappa shape index (κ2) is 5.81. The Kier molecular flexibility index (Phi) is 3.86. The highest BCUT2D eigenvalue weighted by atomic mass is 35.5. The molecule has 2 amide bonds. The summed E-state index contributed by atoms with van der Waals surface area (Å²) in [6, 6.07) is 14.0. The lowest BCUT2D eigenvalue weighted by Gasteiger charge is -2.21. The van der Waals surface area contributed by atoms with Gasteiger partial charge in [-0.05, 0) is 30.7 Å².